The molecule has 0 N–H and O–H groups in total. The van der Waals surface area contributed by atoms with Gasteiger partial charge in [0.15, 0.2) is 11.5 Å². The average Bonchev–Trinajstić information content (AvgIpc) is 3.33. The Bertz CT molecular complexity index is 1130. The minimum atomic E-state index is 0.228. The first kappa shape index (κ1) is 23.0. The Morgan fingerprint density at radius 1 is 0.909 bits per heavy atom. The van der Waals surface area contributed by atoms with Crippen LogP contribution in [0.3, 0.4) is 0 Å². The van der Waals surface area contributed by atoms with Gasteiger partial charge in [-0.05, 0) is 63.9 Å². The van der Waals surface area contributed by atoms with Crippen molar-refractivity contribution in [3.05, 3.63) is 54.1 Å². The summed E-state index contributed by atoms with van der Waals surface area (Å²) in [6, 6.07) is 16.5. The molecule has 4 rings (SSSR count). The highest BCUT2D eigenvalue weighted by atomic mass is 16.5. The zero-order valence-electron chi connectivity index (χ0n) is 20.2. The highest BCUT2D eigenvalue weighted by Gasteiger charge is 2.27. The second-order valence-corrected chi connectivity index (χ2v) is 9.12. The zero-order valence-corrected chi connectivity index (χ0v) is 20.2. The number of benzene rings is 3. The highest BCUT2D eigenvalue weighted by Crippen LogP contribution is 2.41. The van der Waals surface area contributed by atoms with Gasteiger partial charge in [-0.3, -0.25) is 4.79 Å². The summed E-state index contributed by atoms with van der Waals surface area (Å²) >= 11 is 0. The van der Waals surface area contributed by atoms with Gasteiger partial charge in [-0.25, -0.2) is 0 Å². The van der Waals surface area contributed by atoms with Gasteiger partial charge in [0.1, 0.15) is 0 Å². The second-order valence-electron chi connectivity index (χ2n) is 9.12. The standard InChI is InChI=1S/C28H33NO4/c1-18(2)23-10-11-29(17-23)27(30)13-19-6-7-21-14-22(9-8-20(21)12-19)24-15-25(31-3)28(33-5)26(16-24)32-4/h6-9,12,14-16,18,23H,10-11,13,17H2,1-5H3. The van der Waals surface area contributed by atoms with Crippen molar-refractivity contribution in [1.82, 2.24) is 4.90 Å². The van der Waals surface area contributed by atoms with Crippen LogP contribution in [-0.4, -0.2) is 45.2 Å². The van der Waals surface area contributed by atoms with Gasteiger partial charge < -0.3 is 19.1 Å². The van der Waals surface area contributed by atoms with Crippen LogP contribution in [0.1, 0.15) is 25.8 Å². The van der Waals surface area contributed by atoms with Gasteiger partial charge in [0.05, 0.1) is 27.8 Å². The van der Waals surface area contributed by atoms with E-state index in [0.717, 1.165) is 47.0 Å². The first-order valence-electron chi connectivity index (χ1n) is 11.5. The Kier molecular flexibility index (Phi) is 6.77. The molecule has 1 aliphatic heterocycles. The number of likely N-dealkylation sites (tertiary alicyclic amines) is 1. The molecule has 0 aromatic heterocycles. The van der Waals surface area contributed by atoms with Crippen molar-refractivity contribution >= 4 is 16.7 Å². The number of nitrogens with zero attached hydrogens (tertiary/aromatic N) is 1. The number of hydrogen-bond donors (Lipinski definition) is 0. The van der Waals surface area contributed by atoms with E-state index in [4.69, 9.17) is 14.2 Å². The normalized spacial score (nSPS) is 15.8. The summed E-state index contributed by atoms with van der Waals surface area (Å²) in [4.78, 5) is 14.9. The lowest BCUT2D eigenvalue weighted by atomic mass is 9.95. The maximum Gasteiger partial charge on any atom is 0.226 e. The fourth-order valence-corrected chi connectivity index (χ4v) is 4.68. The van der Waals surface area contributed by atoms with Crippen molar-refractivity contribution in [2.24, 2.45) is 11.8 Å². The molecule has 33 heavy (non-hydrogen) atoms. The third kappa shape index (κ3) is 4.77. The van der Waals surface area contributed by atoms with Gasteiger partial charge in [-0.1, -0.05) is 44.2 Å². The molecule has 1 atom stereocenters. The Morgan fingerprint density at radius 2 is 1.58 bits per heavy atom. The van der Waals surface area contributed by atoms with Crippen molar-refractivity contribution in [1.29, 1.82) is 0 Å². The van der Waals surface area contributed by atoms with Crippen LogP contribution in [0.2, 0.25) is 0 Å². The van der Waals surface area contributed by atoms with Crippen LogP contribution in [0, 0.1) is 11.8 Å². The number of carbonyl (C=O) groups is 1. The van der Waals surface area contributed by atoms with Crippen molar-refractivity contribution in [3.8, 4) is 28.4 Å². The first-order chi connectivity index (χ1) is 15.9. The van der Waals surface area contributed by atoms with E-state index in [1.54, 1.807) is 21.3 Å². The van der Waals surface area contributed by atoms with Crippen LogP contribution in [0.15, 0.2) is 48.5 Å². The molecule has 1 heterocycles. The Balaban J connectivity index is 1.56. The molecule has 1 unspecified atom stereocenters. The van der Waals surface area contributed by atoms with E-state index in [1.165, 1.54) is 0 Å². The zero-order chi connectivity index (χ0) is 23.5. The predicted octanol–water partition coefficient (Wildman–Crippen LogP) is 5.58. The molecule has 3 aromatic rings. The molecule has 0 radical (unpaired) electrons. The van der Waals surface area contributed by atoms with E-state index in [-0.39, 0.29) is 5.91 Å². The van der Waals surface area contributed by atoms with Gasteiger partial charge in [0.2, 0.25) is 11.7 Å². The molecule has 174 valence electrons. The maximum atomic E-state index is 12.8. The van der Waals surface area contributed by atoms with E-state index < -0.39 is 0 Å². The Labute approximate surface area is 196 Å². The van der Waals surface area contributed by atoms with Crippen molar-refractivity contribution in [2.75, 3.05) is 34.4 Å². The van der Waals surface area contributed by atoms with Crippen molar-refractivity contribution < 1.29 is 19.0 Å². The summed E-state index contributed by atoms with van der Waals surface area (Å²) < 4.78 is 16.4. The fourth-order valence-electron chi connectivity index (χ4n) is 4.68. The summed E-state index contributed by atoms with van der Waals surface area (Å²) in [5.74, 6) is 3.32. The molecule has 3 aromatic carbocycles. The number of ether oxygens (including phenoxy) is 3. The number of carbonyl (C=O) groups excluding carboxylic acids is 1. The predicted molar refractivity (Wildman–Crippen MR) is 132 cm³/mol. The summed E-state index contributed by atoms with van der Waals surface area (Å²) in [6.07, 6.45) is 1.57. The smallest absolute Gasteiger partial charge is 0.226 e. The molecular formula is C28H33NO4. The van der Waals surface area contributed by atoms with E-state index in [2.05, 4.69) is 50.2 Å². The van der Waals surface area contributed by atoms with Gasteiger partial charge in [0, 0.05) is 13.1 Å². The minimum Gasteiger partial charge on any atom is -0.493 e. The molecule has 1 saturated heterocycles. The molecule has 0 saturated carbocycles. The fraction of sp³-hybridized carbons (Fsp3) is 0.393. The first-order valence-corrected chi connectivity index (χ1v) is 11.5. The van der Waals surface area contributed by atoms with E-state index in [9.17, 15) is 4.79 Å². The van der Waals surface area contributed by atoms with Crippen molar-refractivity contribution in [2.45, 2.75) is 26.7 Å². The van der Waals surface area contributed by atoms with Crippen LogP contribution >= 0.6 is 0 Å². The van der Waals surface area contributed by atoms with Crippen LogP contribution in [0.5, 0.6) is 17.2 Å². The number of rotatable bonds is 7. The Hall–Kier alpha value is -3.21. The minimum absolute atomic E-state index is 0.228. The summed E-state index contributed by atoms with van der Waals surface area (Å²) in [5.41, 5.74) is 3.10. The SMILES string of the molecule is COc1cc(-c2ccc3cc(CC(=O)N4CCC(C(C)C)C4)ccc3c2)cc(OC)c1OC. The molecule has 1 aliphatic rings. The molecule has 0 spiro atoms. The monoisotopic (exact) mass is 447 g/mol. The number of fused-ring (bicyclic) bond motifs is 1. The quantitative estimate of drug-likeness (QED) is 0.474. The number of amides is 1. The molecule has 0 aliphatic carbocycles. The van der Waals surface area contributed by atoms with E-state index in [0.29, 0.717) is 35.5 Å². The van der Waals surface area contributed by atoms with Crippen LogP contribution in [0.4, 0.5) is 0 Å². The van der Waals surface area contributed by atoms with Crippen LogP contribution in [-0.2, 0) is 11.2 Å². The maximum absolute atomic E-state index is 12.8. The molecule has 5 heteroatoms. The van der Waals surface area contributed by atoms with Gasteiger partial charge in [0.25, 0.3) is 0 Å². The Morgan fingerprint density at radius 3 is 2.18 bits per heavy atom. The van der Waals surface area contributed by atoms with E-state index >= 15 is 0 Å². The summed E-state index contributed by atoms with van der Waals surface area (Å²) in [5, 5.41) is 2.25. The third-order valence-corrected chi connectivity index (χ3v) is 6.78. The molecule has 0 bridgehead atoms. The van der Waals surface area contributed by atoms with Gasteiger partial charge in [-0.2, -0.15) is 0 Å². The average molecular weight is 448 g/mol. The molecule has 5 nitrogen and oxygen atoms in total. The summed E-state index contributed by atoms with van der Waals surface area (Å²) in [6.45, 7) is 6.26. The topological polar surface area (TPSA) is 48.0 Å². The molecule has 1 fully saturated rings. The largest absolute Gasteiger partial charge is 0.493 e. The number of methoxy groups -OCH3 is 3. The van der Waals surface area contributed by atoms with Crippen LogP contribution < -0.4 is 14.2 Å². The lowest BCUT2D eigenvalue weighted by molar-refractivity contribution is -0.129. The lowest BCUT2D eigenvalue weighted by Gasteiger charge is -2.18. The van der Waals surface area contributed by atoms with Crippen molar-refractivity contribution in [3.63, 3.8) is 0 Å². The number of hydrogen-bond acceptors (Lipinski definition) is 4. The lowest BCUT2D eigenvalue weighted by Crippen LogP contribution is -2.30. The van der Waals surface area contributed by atoms with Gasteiger partial charge in [-0.15, -0.1) is 0 Å². The second kappa shape index (κ2) is 9.74. The molecular weight excluding hydrogens is 414 g/mol. The highest BCUT2D eigenvalue weighted by molar-refractivity contribution is 5.89. The van der Waals surface area contributed by atoms with E-state index in [1.807, 2.05) is 17.0 Å². The van der Waals surface area contributed by atoms with Crippen LogP contribution in [0.25, 0.3) is 21.9 Å². The third-order valence-electron chi connectivity index (χ3n) is 6.78. The van der Waals surface area contributed by atoms with Gasteiger partial charge >= 0.3 is 0 Å². The molecule has 1 amide bonds. The summed E-state index contributed by atoms with van der Waals surface area (Å²) in [7, 11) is 4.84.